The Bertz CT molecular complexity index is 198. The average Bonchev–Trinajstić information content (AvgIpc) is 2.33. The Morgan fingerprint density at radius 2 is 1.73 bits per heavy atom. The number of rotatable bonds is 2. The van der Waals surface area contributed by atoms with Crippen LogP contribution in [0.15, 0.2) is 0 Å². The van der Waals surface area contributed by atoms with Gasteiger partial charge in [0.25, 0.3) is 0 Å². The fourth-order valence-corrected chi connectivity index (χ4v) is 1.93. The van der Waals surface area contributed by atoms with Crippen molar-refractivity contribution in [2.45, 2.75) is 20.8 Å². The van der Waals surface area contributed by atoms with E-state index in [1.165, 1.54) is 6.92 Å². The predicted octanol–water partition coefficient (Wildman–Crippen LogP) is 0.333. The molecule has 2 atom stereocenters. The Kier molecular flexibility index (Phi) is 1.54. The highest BCUT2D eigenvalue weighted by Crippen LogP contribution is 2.58. The highest BCUT2D eigenvalue weighted by molar-refractivity contribution is 5.93. The lowest BCUT2D eigenvalue weighted by molar-refractivity contribution is -0.123. The van der Waals surface area contributed by atoms with Gasteiger partial charge in [-0.3, -0.25) is 9.59 Å². The molecule has 1 aliphatic carbocycles. The van der Waals surface area contributed by atoms with Gasteiger partial charge in [-0.25, -0.2) is 0 Å². The van der Waals surface area contributed by atoms with Crippen molar-refractivity contribution in [3.8, 4) is 0 Å². The fourth-order valence-electron chi connectivity index (χ4n) is 1.93. The van der Waals surface area contributed by atoms with E-state index in [4.69, 9.17) is 5.73 Å². The average molecular weight is 155 g/mol. The molecule has 11 heavy (non-hydrogen) atoms. The van der Waals surface area contributed by atoms with E-state index in [-0.39, 0.29) is 28.9 Å². The number of ketones is 1. The minimum atomic E-state index is -0.352. The van der Waals surface area contributed by atoms with E-state index >= 15 is 0 Å². The maximum atomic E-state index is 10.9. The molecule has 62 valence electrons. The SMILES string of the molecule is CC(=O)[C@@H]1C(C(N)=O)C1(C)C. The molecule has 1 saturated carbocycles. The van der Waals surface area contributed by atoms with Crippen LogP contribution in [0.5, 0.6) is 0 Å². The van der Waals surface area contributed by atoms with Gasteiger partial charge in [-0.2, -0.15) is 0 Å². The van der Waals surface area contributed by atoms with E-state index in [2.05, 4.69) is 0 Å². The smallest absolute Gasteiger partial charge is 0.221 e. The Balaban J connectivity index is 2.76. The van der Waals surface area contributed by atoms with Crippen molar-refractivity contribution < 1.29 is 9.59 Å². The van der Waals surface area contributed by atoms with Crippen molar-refractivity contribution in [1.82, 2.24) is 0 Å². The Morgan fingerprint density at radius 3 is 1.82 bits per heavy atom. The molecule has 1 rings (SSSR count). The molecule has 0 radical (unpaired) electrons. The highest BCUT2D eigenvalue weighted by Gasteiger charge is 2.63. The number of carbonyl (C=O) groups excluding carboxylic acids is 2. The first-order chi connectivity index (χ1) is 4.89. The van der Waals surface area contributed by atoms with Crippen LogP contribution in [0.25, 0.3) is 0 Å². The Morgan fingerprint density at radius 1 is 1.27 bits per heavy atom. The Hall–Kier alpha value is -0.860. The first-order valence-corrected chi connectivity index (χ1v) is 3.68. The summed E-state index contributed by atoms with van der Waals surface area (Å²) in [5, 5.41) is 0. The number of carbonyl (C=O) groups is 2. The van der Waals surface area contributed by atoms with Crippen molar-refractivity contribution in [1.29, 1.82) is 0 Å². The van der Waals surface area contributed by atoms with Gasteiger partial charge in [-0.15, -0.1) is 0 Å². The summed E-state index contributed by atoms with van der Waals surface area (Å²) in [6.07, 6.45) is 0. The van der Waals surface area contributed by atoms with Gasteiger partial charge in [0.05, 0.1) is 5.92 Å². The molecule has 3 heteroatoms. The number of amides is 1. The quantitative estimate of drug-likeness (QED) is 0.624. The van der Waals surface area contributed by atoms with E-state index in [1.807, 2.05) is 13.8 Å². The molecule has 3 nitrogen and oxygen atoms in total. The van der Waals surface area contributed by atoms with Crippen LogP contribution < -0.4 is 5.73 Å². The van der Waals surface area contributed by atoms with E-state index < -0.39 is 0 Å². The largest absolute Gasteiger partial charge is 0.369 e. The maximum absolute atomic E-state index is 10.9. The lowest BCUT2D eigenvalue weighted by atomic mass is 10.1. The van der Waals surface area contributed by atoms with E-state index in [0.29, 0.717) is 0 Å². The number of Topliss-reactive ketones (excluding diaryl/α,β-unsaturated/α-hetero) is 1. The van der Waals surface area contributed by atoms with Gasteiger partial charge in [0.15, 0.2) is 0 Å². The second-order valence-electron chi connectivity index (χ2n) is 3.79. The molecule has 0 saturated heterocycles. The second-order valence-corrected chi connectivity index (χ2v) is 3.79. The molecule has 1 amide bonds. The van der Waals surface area contributed by atoms with Crippen molar-refractivity contribution in [3.05, 3.63) is 0 Å². The molecule has 0 heterocycles. The van der Waals surface area contributed by atoms with Crippen molar-refractivity contribution in [3.63, 3.8) is 0 Å². The third kappa shape index (κ3) is 1.04. The van der Waals surface area contributed by atoms with Crippen LogP contribution in [-0.2, 0) is 9.59 Å². The lowest BCUT2D eigenvalue weighted by Gasteiger charge is -1.96. The summed E-state index contributed by atoms with van der Waals surface area (Å²) >= 11 is 0. The molecule has 0 bridgehead atoms. The number of hydrogen-bond donors (Lipinski definition) is 1. The van der Waals surface area contributed by atoms with Crippen LogP contribution in [-0.4, -0.2) is 11.7 Å². The number of nitrogens with two attached hydrogens (primary N) is 1. The topological polar surface area (TPSA) is 60.2 Å². The van der Waals surface area contributed by atoms with Crippen molar-refractivity contribution >= 4 is 11.7 Å². The molecule has 0 aromatic rings. The third-order valence-corrected chi connectivity index (χ3v) is 2.57. The molecule has 2 N–H and O–H groups in total. The summed E-state index contributed by atoms with van der Waals surface area (Å²) in [6, 6.07) is 0. The first kappa shape index (κ1) is 8.24. The van der Waals surface area contributed by atoms with Gasteiger partial charge in [-0.1, -0.05) is 13.8 Å². The van der Waals surface area contributed by atoms with E-state index in [1.54, 1.807) is 0 Å². The van der Waals surface area contributed by atoms with Crippen molar-refractivity contribution in [2.24, 2.45) is 23.0 Å². The fraction of sp³-hybridized carbons (Fsp3) is 0.750. The monoisotopic (exact) mass is 155 g/mol. The van der Waals surface area contributed by atoms with Crippen LogP contribution in [0.4, 0.5) is 0 Å². The van der Waals surface area contributed by atoms with Gasteiger partial charge in [0, 0.05) is 5.92 Å². The maximum Gasteiger partial charge on any atom is 0.221 e. The van der Waals surface area contributed by atoms with Gasteiger partial charge in [0.2, 0.25) is 5.91 Å². The standard InChI is InChI=1S/C8H13NO2/c1-4(10)5-6(7(9)11)8(5,2)3/h5-6H,1-3H3,(H2,9,11)/t5-,6?/m1/s1. The summed E-state index contributed by atoms with van der Waals surface area (Å²) in [7, 11) is 0. The summed E-state index contributed by atoms with van der Waals surface area (Å²) in [5.41, 5.74) is 4.91. The van der Waals surface area contributed by atoms with Crippen LogP contribution >= 0.6 is 0 Å². The minimum absolute atomic E-state index is 0.0683. The van der Waals surface area contributed by atoms with Gasteiger partial charge in [-0.05, 0) is 12.3 Å². The van der Waals surface area contributed by atoms with Gasteiger partial charge >= 0.3 is 0 Å². The molecule has 1 fully saturated rings. The van der Waals surface area contributed by atoms with Crippen LogP contribution in [0.1, 0.15) is 20.8 Å². The zero-order valence-corrected chi connectivity index (χ0v) is 7.05. The zero-order chi connectivity index (χ0) is 8.81. The molecule has 0 aromatic carbocycles. The van der Waals surface area contributed by atoms with E-state index in [9.17, 15) is 9.59 Å². The summed E-state index contributed by atoms with van der Waals surface area (Å²) in [6.45, 7) is 5.30. The number of primary amides is 1. The summed E-state index contributed by atoms with van der Waals surface area (Å²) < 4.78 is 0. The normalized spacial score (nSPS) is 33.0. The van der Waals surface area contributed by atoms with Crippen LogP contribution in [0.3, 0.4) is 0 Å². The van der Waals surface area contributed by atoms with Crippen LogP contribution in [0, 0.1) is 17.3 Å². The first-order valence-electron chi connectivity index (χ1n) is 3.68. The van der Waals surface area contributed by atoms with Crippen LogP contribution in [0.2, 0.25) is 0 Å². The van der Waals surface area contributed by atoms with Gasteiger partial charge < -0.3 is 5.73 Å². The molecular weight excluding hydrogens is 142 g/mol. The molecule has 1 unspecified atom stereocenters. The second kappa shape index (κ2) is 2.06. The molecule has 0 spiro atoms. The predicted molar refractivity (Wildman–Crippen MR) is 40.6 cm³/mol. The molecular formula is C8H13NO2. The molecule has 1 aliphatic rings. The summed E-state index contributed by atoms with van der Waals surface area (Å²) in [5.74, 6) is -0.658. The molecule has 0 aromatic heterocycles. The van der Waals surface area contributed by atoms with Crippen molar-refractivity contribution in [2.75, 3.05) is 0 Å². The molecule has 0 aliphatic heterocycles. The highest BCUT2D eigenvalue weighted by atomic mass is 16.2. The van der Waals surface area contributed by atoms with Gasteiger partial charge in [0.1, 0.15) is 5.78 Å². The van der Waals surface area contributed by atoms with E-state index in [0.717, 1.165) is 0 Å². The summed E-state index contributed by atoms with van der Waals surface area (Å²) in [4.78, 5) is 21.7. The Labute approximate surface area is 66.0 Å². The third-order valence-electron chi connectivity index (χ3n) is 2.57. The lowest BCUT2D eigenvalue weighted by Crippen LogP contribution is -2.16. The minimum Gasteiger partial charge on any atom is -0.369 e. The zero-order valence-electron chi connectivity index (χ0n) is 7.05. The number of hydrogen-bond acceptors (Lipinski definition) is 2.